The van der Waals surface area contributed by atoms with Gasteiger partial charge in [0.2, 0.25) is 0 Å². The van der Waals surface area contributed by atoms with Gasteiger partial charge in [0, 0.05) is 0 Å². The van der Waals surface area contributed by atoms with Crippen LogP contribution in [0, 0.1) is 0 Å². The molecule has 0 fully saturated rings. The quantitative estimate of drug-likeness (QED) is 0.314. The van der Waals surface area contributed by atoms with Crippen molar-refractivity contribution < 1.29 is 9.53 Å². The van der Waals surface area contributed by atoms with Crippen LogP contribution in [0.4, 0.5) is 0 Å². The third-order valence-electron chi connectivity index (χ3n) is 1.27. The van der Waals surface area contributed by atoms with Gasteiger partial charge in [0.15, 0.2) is 0 Å². The Morgan fingerprint density at radius 1 is 1.64 bits per heavy atom. The van der Waals surface area contributed by atoms with E-state index in [9.17, 15) is 4.79 Å². The molecule has 1 rings (SSSR count). The summed E-state index contributed by atoms with van der Waals surface area (Å²) < 4.78 is 3.80. The number of halogens is 1. The lowest BCUT2D eigenvalue weighted by Crippen LogP contribution is -2.20. The summed E-state index contributed by atoms with van der Waals surface area (Å²) in [6, 6.07) is 0. The van der Waals surface area contributed by atoms with Crippen molar-refractivity contribution in [2.24, 2.45) is 10.2 Å². The van der Waals surface area contributed by atoms with E-state index in [0.717, 1.165) is 12.8 Å². The Morgan fingerprint density at radius 2 is 2.27 bits per heavy atom. The summed E-state index contributed by atoms with van der Waals surface area (Å²) >= 11 is 3.00. The lowest BCUT2D eigenvalue weighted by atomic mass is 10.4. The molecule has 62 valence electrons. The molecule has 0 bridgehead atoms. The average Bonchev–Trinajstić information content (AvgIpc) is 2.70. The Balaban J connectivity index is 2.12. The number of carbonyl (C=O) groups excluding carboxylic acids is 1. The van der Waals surface area contributed by atoms with E-state index in [-0.39, 0.29) is 0 Å². The number of alkyl halides is 1. The van der Waals surface area contributed by atoms with Crippen molar-refractivity contribution in [2.75, 3.05) is 6.61 Å². The molecule has 0 aliphatic carbocycles. The lowest BCUT2D eigenvalue weighted by Gasteiger charge is -2.02. The first-order chi connectivity index (χ1) is 5.19. The van der Waals surface area contributed by atoms with Crippen LogP contribution in [0.1, 0.15) is 19.8 Å². The van der Waals surface area contributed by atoms with Gasteiger partial charge in [0.25, 0.3) is 0 Å². The average molecular weight is 221 g/mol. The van der Waals surface area contributed by atoms with Crippen LogP contribution in [-0.4, -0.2) is 17.1 Å². The molecule has 4 nitrogen and oxygen atoms in total. The van der Waals surface area contributed by atoms with Gasteiger partial charge in [-0.1, -0.05) is 13.3 Å². The molecule has 0 saturated heterocycles. The van der Waals surface area contributed by atoms with Crippen LogP contribution in [0.3, 0.4) is 0 Å². The molecule has 0 amide bonds. The molecule has 0 spiro atoms. The molecule has 0 aromatic heterocycles. The van der Waals surface area contributed by atoms with Crippen LogP contribution >= 0.6 is 15.9 Å². The molecule has 0 unspecified atom stereocenters. The zero-order valence-electron chi connectivity index (χ0n) is 6.21. The first kappa shape index (κ1) is 8.64. The first-order valence-corrected chi connectivity index (χ1v) is 4.28. The molecule has 0 aromatic carbocycles. The number of nitrogens with zero attached hydrogens (tertiary/aromatic N) is 2. The van der Waals surface area contributed by atoms with E-state index in [1.165, 1.54) is 0 Å². The van der Waals surface area contributed by atoms with Gasteiger partial charge in [0.1, 0.15) is 0 Å². The van der Waals surface area contributed by atoms with Crippen LogP contribution in [0.5, 0.6) is 0 Å². The van der Waals surface area contributed by atoms with E-state index in [2.05, 4.69) is 26.2 Å². The number of unbranched alkanes of at least 4 members (excludes halogenated alkanes) is 1. The molecule has 0 atom stereocenters. The highest BCUT2D eigenvalue weighted by Gasteiger charge is 2.47. The summed E-state index contributed by atoms with van der Waals surface area (Å²) in [5.41, 5.74) is 0. The van der Waals surface area contributed by atoms with Gasteiger partial charge in [-0.25, -0.2) is 4.79 Å². The van der Waals surface area contributed by atoms with Crippen molar-refractivity contribution in [2.45, 2.75) is 24.3 Å². The predicted molar refractivity (Wildman–Crippen MR) is 42.4 cm³/mol. The van der Waals surface area contributed by atoms with E-state index < -0.39 is 10.5 Å². The first-order valence-electron chi connectivity index (χ1n) is 3.49. The molecule has 5 heteroatoms. The summed E-state index contributed by atoms with van der Waals surface area (Å²) in [6.07, 6.45) is 1.89. The van der Waals surface area contributed by atoms with Crippen LogP contribution in [0.25, 0.3) is 0 Å². The van der Waals surface area contributed by atoms with E-state index in [1.54, 1.807) is 0 Å². The number of carbonyl (C=O) groups is 1. The largest absolute Gasteiger partial charge is 0.462 e. The van der Waals surface area contributed by atoms with Crippen molar-refractivity contribution >= 4 is 21.9 Å². The molecule has 1 aliphatic heterocycles. The molecular formula is C6H9BrN2O2. The normalized spacial score (nSPS) is 18.0. The maximum Gasteiger partial charge on any atom is 0.372 e. The Morgan fingerprint density at radius 3 is 2.73 bits per heavy atom. The summed E-state index contributed by atoms with van der Waals surface area (Å²) in [5.74, 6) is -0.411. The fourth-order valence-corrected chi connectivity index (χ4v) is 0.720. The number of hydrogen-bond acceptors (Lipinski definition) is 4. The van der Waals surface area contributed by atoms with Gasteiger partial charge in [-0.3, -0.25) is 0 Å². The molecular weight excluding hydrogens is 212 g/mol. The molecule has 0 aromatic rings. The predicted octanol–water partition coefficient (Wildman–Crippen LogP) is 1.84. The summed E-state index contributed by atoms with van der Waals surface area (Å²) in [6.45, 7) is 2.48. The minimum absolute atomic E-state index is 0.411. The van der Waals surface area contributed by atoms with E-state index in [1.807, 2.05) is 6.92 Å². The fraction of sp³-hybridized carbons (Fsp3) is 0.833. The zero-order chi connectivity index (χ0) is 8.32. The topological polar surface area (TPSA) is 51.0 Å². The minimum atomic E-state index is -1.04. The molecule has 0 N–H and O–H groups in total. The van der Waals surface area contributed by atoms with Crippen molar-refractivity contribution in [1.29, 1.82) is 0 Å². The van der Waals surface area contributed by atoms with E-state index in [0.29, 0.717) is 6.61 Å². The van der Waals surface area contributed by atoms with Crippen molar-refractivity contribution in [1.82, 2.24) is 0 Å². The lowest BCUT2D eigenvalue weighted by molar-refractivity contribution is -0.144. The van der Waals surface area contributed by atoms with Gasteiger partial charge < -0.3 is 4.74 Å². The molecule has 0 radical (unpaired) electrons. The SMILES string of the molecule is CCCCOC(=O)C1(Br)N=N1. The number of rotatable bonds is 4. The smallest absolute Gasteiger partial charge is 0.372 e. The maximum atomic E-state index is 10.9. The maximum absolute atomic E-state index is 10.9. The molecule has 1 aliphatic rings. The van der Waals surface area contributed by atoms with Crippen LogP contribution < -0.4 is 0 Å². The number of esters is 1. The molecule has 1 heterocycles. The summed E-state index contributed by atoms with van der Waals surface area (Å²) in [5, 5.41) is 6.96. The van der Waals surface area contributed by atoms with Crippen LogP contribution in [-0.2, 0) is 9.53 Å². The van der Waals surface area contributed by atoms with Crippen LogP contribution in [0.2, 0.25) is 0 Å². The van der Waals surface area contributed by atoms with Gasteiger partial charge in [0.05, 0.1) is 6.61 Å². The van der Waals surface area contributed by atoms with Crippen molar-refractivity contribution in [3.63, 3.8) is 0 Å². The van der Waals surface area contributed by atoms with Crippen LogP contribution in [0.15, 0.2) is 10.2 Å². The second-order valence-electron chi connectivity index (χ2n) is 2.28. The van der Waals surface area contributed by atoms with Gasteiger partial charge in [-0.05, 0) is 22.4 Å². The van der Waals surface area contributed by atoms with Crippen molar-refractivity contribution in [3.8, 4) is 0 Å². The third kappa shape index (κ3) is 2.25. The highest BCUT2D eigenvalue weighted by Crippen LogP contribution is 2.36. The third-order valence-corrected chi connectivity index (χ3v) is 1.91. The Hall–Kier alpha value is -0.450. The highest BCUT2D eigenvalue weighted by molar-refractivity contribution is 9.10. The summed E-state index contributed by atoms with van der Waals surface area (Å²) in [4.78, 5) is 10.9. The Kier molecular flexibility index (Phi) is 2.59. The Labute approximate surface area is 73.1 Å². The van der Waals surface area contributed by atoms with E-state index in [4.69, 9.17) is 4.74 Å². The fourth-order valence-electron chi connectivity index (χ4n) is 0.527. The highest BCUT2D eigenvalue weighted by atomic mass is 79.9. The molecule has 0 saturated carbocycles. The minimum Gasteiger partial charge on any atom is -0.462 e. The van der Waals surface area contributed by atoms with E-state index >= 15 is 0 Å². The van der Waals surface area contributed by atoms with Gasteiger partial charge in [-0.15, -0.1) is 10.2 Å². The number of ether oxygens (including phenoxy) is 1. The second-order valence-corrected chi connectivity index (χ2v) is 3.38. The monoisotopic (exact) mass is 220 g/mol. The number of hydrogen-bond donors (Lipinski definition) is 0. The van der Waals surface area contributed by atoms with Crippen molar-refractivity contribution in [3.05, 3.63) is 0 Å². The van der Waals surface area contributed by atoms with Gasteiger partial charge >= 0.3 is 10.5 Å². The standard InChI is InChI=1S/C6H9BrN2O2/c1-2-3-4-11-5(10)6(7)8-9-6/h2-4H2,1H3. The van der Waals surface area contributed by atoms with Gasteiger partial charge in [-0.2, -0.15) is 0 Å². The summed E-state index contributed by atoms with van der Waals surface area (Å²) in [7, 11) is 0. The zero-order valence-corrected chi connectivity index (χ0v) is 7.80. The molecule has 11 heavy (non-hydrogen) atoms. The Bertz CT molecular complexity index is 187. The second kappa shape index (κ2) is 3.30.